The van der Waals surface area contributed by atoms with Gasteiger partial charge in [0.15, 0.2) is 0 Å². The molecule has 2 rings (SSSR count). The number of nitrogens with zero attached hydrogens (tertiary/aromatic N) is 1. The van der Waals surface area contributed by atoms with E-state index in [1.165, 1.54) is 5.56 Å². The Morgan fingerprint density at radius 1 is 1.11 bits per heavy atom. The van der Waals surface area contributed by atoms with Crippen molar-refractivity contribution in [3.05, 3.63) is 71.6 Å². The molecule has 96 valence electrons. The molecule has 2 nitrogen and oxygen atoms in total. The van der Waals surface area contributed by atoms with E-state index in [0.717, 1.165) is 5.56 Å². The van der Waals surface area contributed by atoms with Gasteiger partial charge in [-0.25, -0.2) is 0 Å². The highest BCUT2D eigenvalue weighted by Crippen LogP contribution is 2.15. The normalized spacial score (nSPS) is 11.1. The second-order valence-corrected chi connectivity index (χ2v) is 4.73. The minimum atomic E-state index is -0.0754. The first-order valence-corrected chi connectivity index (χ1v) is 6.40. The Hall–Kier alpha value is -2.22. The number of ketones is 1. The molecule has 0 bridgehead atoms. The molecule has 0 atom stereocenters. The van der Waals surface area contributed by atoms with Crippen LogP contribution in [0, 0.1) is 0 Å². The summed E-state index contributed by atoms with van der Waals surface area (Å²) in [5.74, 6) is 0.446. The van der Waals surface area contributed by atoms with Gasteiger partial charge in [0.2, 0.25) is 5.78 Å². The number of hydrogen-bond donors (Lipinski definition) is 0. The Bertz CT molecular complexity index is 568. The first-order chi connectivity index (χ1) is 9.16. The fourth-order valence-corrected chi connectivity index (χ4v) is 1.76. The Kier molecular flexibility index (Phi) is 4.24. The monoisotopic (exact) mass is 251 g/mol. The van der Waals surface area contributed by atoms with Crippen molar-refractivity contribution in [3.8, 4) is 0 Å². The molecule has 1 aromatic carbocycles. The highest BCUT2D eigenvalue weighted by atomic mass is 16.1. The second kappa shape index (κ2) is 6.10. The number of benzene rings is 1. The van der Waals surface area contributed by atoms with Crippen LogP contribution in [0.4, 0.5) is 0 Å². The van der Waals surface area contributed by atoms with E-state index in [1.54, 1.807) is 24.4 Å². The molecular formula is C17H17NO. The number of pyridine rings is 1. The van der Waals surface area contributed by atoms with E-state index in [2.05, 4.69) is 31.0 Å². The molecule has 0 aliphatic carbocycles. The molecular weight excluding hydrogens is 234 g/mol. The minimum absolute atomic E-state index is 0.0754. The number of allylic oxidation sites excluding steroid dienone is 1. The Morgan fingerprint density at radius 2 is 1.84 bits per heavy atom. The summed E-state index contributed by atoms with van der Waals surface area (Å²) in [5.41, 5.74) is 2.79. The maximum absolute atomic E-state index is 11.8. The van der Waals surface area contributed by atoms with Crippen LogP contribution in [-0.2, 0) is 0 Å². The molecule has 0 N–H and O–H groups in total. The number of rotatable bonds is 4. The summed E-state index contributed by atoms with van der Waals surface area (Å²) >= 11 is 0. The van der Waals surface area contributed by atoms with E-state index in [4.69, 9.17) is 0 Å². The van der Waals surface area contributed by atoms with Crippen LogP contribution in [-0.4, -0.2) is 10.8 Å². The van der Waals surface area contributed by atoms with Crippen molar-refractivity contribution in [2.75, 3.05) is 0 Å². The lowest BCUT2D eigenvalue weighted by molar-refractivity contribution is 0.104. The van der Waals surface area contributed by atoms with E-state index >= 15 is 0 Å². The van der Waals surface area contributed by atoms with Gasteiger partial charge < -0.3 is 0 Å². The van der Waals surface area contributed by atoms with Crippen LogP contribution in [0.1, 0.15) is 41.4 Å². The minimum Gasteiger partial charge on any atom is -0.288 e. The molecule has 0 aliphatic heterocycles. The van der Waals surface area contributed by atoms with E-state index in [0.29, 0.717) is 11.6 Å². The zero-order valence-corrected chi connectivity index (χ0v) is 11.2. The van der Waals surface area contributed by atoms with E-state index in [1.807, 2.05) is 24.3 Å². The predicted octanol–water partition coefficient (Wildman–Crippen LogP) is 4.10. The third kappa shape index (κ3) is 3.62. The van der Waals surface area contributed by atoms with Crippen molar-refractivity contribution in [3.63, 3.8) is 0 Å². The molecule has 2 aromatic rings. The SMILES string of the molecule is CC(C)c1ccc(C=CC(=O)c2ccccn2)cc1. The molecule has 0 radical (unpaired) electrons. The van der Waals surface area contributed by atoms with Crippen molar-refractivity contribution in [2.45, 2.75) is 19.8 Å². The van der Waals surface area contributed by atoms with Crippen molar-refractivity contribution >= 4 is 11.9 Å². The smallest absolute Gasteiger partial charge is 0.204 e. The van der Waals surface area contributed by atoms with Gasteiger partial charge >= 0.3 is 0 Å². The van der Waals surface area contributed by atoms with E-state index in [-0.39, 0.29) is 5.78 Å². The standard InChI is InChI=1S/C17H17NO/c1-13(2)15-9-6-14(7-10-15)8-11-17(19)16-5-3-4-12-18-16/h3-13H,1-2H3. The van der Waals surface area contributed by atoms with Gasteiger partial charge in [0.25, 0.3) is 0 Å². The molecule has 0 saturated heterocycles. The van der Waals surface area contributed by atoms with Gasteiger partial charge in [-0.3, -0.25) is 9.78 Å². The van der Waals surface area contributed by atoms with Gasteiger partial charge in [0, 0.05) is 6.20 Å². The molecule has 1 aromatic heterocycles. The molecule has 1 heterocycles. The topological polar surface area (TPSA) is 30.0 Å². The maximum Gasteiger partial charge on any atom is 0.204 e. The quantitative estimate of drug-likeness (QED) is 0.605. The molecule has 0 aliphatic rings. The van der Waals surface area contributed by atoms with Crippen molar-refractivity contribution in [1.82, 2.24) is 4.98 Å². The highest BCUT2D eigenvalue weighted by Gasteiger charge is 2.01. The largest absolute Gasteiger partial charge is 0.288 e. The number of aromatic nitrogens is 1. The van der Waals surface area contributed by atoms with Crippen LogP contribution >= 0.6 is 0 Å². The van der Waals surface area contributed by atoms with Gasteiger partial charge in [0.1, 0.15) is 5.69 Å². The van der Waals surface area contributed by atoms with Crippen molar-refractivity contribution in [1.29, 1.82) is 0 Å². The lowest BCUT2D eigenvalue weighted by Gasteiger charge is -2.04. The van der Waals surface area contributed by atoms with Gasteiger partial charge in [-0.1, -0.05) is 50.3 Å². The summed E-state index contributed by atoms with van der Waals surface area (Å²) in [6, 6.07) is 13.6. The summed E-state index contributed by atoms with van der Waals surface area (Å²) in [5, 5.41) is 0. The van der Waals surface area contributed by atoms with Crippen LogP contribution in [0.2, 0.25) is 0 Å². The predicted molar refractivity (Wildman–Crippen MR) is 78.1 cm³/mol. The third-order valence-corrected chi connectivity index (χ3v) is 2.95. The molecule has 19 heavy (non-hydrogen) atoms. The molecule has 0 saturated carbocycles. The van der Waals surface area contributed by atoms with E-state index < -0.39 is 0 Å². The lowest BCUT2D eigenvalue weighted by Crippen LogP contribution is -1.96. The molecule has 2 heteroatoms. The zero-order valence-electron chi connectivity index (χ0n) is 11.2. The third-order valence-electron chi connectivity index (χ3n) is 2.95. The Morgan fingerprint density at radius 3 is 2.42 bits per heavy atom. The summed E-state index contributed by atoms with van der Waals surface area (Å²) in [4.78, 5) is 15.9. The molecule has 0 spiro atoms. The fourth-order valence-electron chi connectivity index (χ4n) is 1.76. The summed E-state index contributed by atoms with van der Waals surface area (Å²) < 4.78 is 0. The van der Waals surface area contributed by atoms with Crippen LogP contribution in [0.15, 0.2) is 54.7 Å². The molecule has 0 fully saturated rings. The van der Waals surface area contributed by atoms with Gasteiger partial charge in [-0.05, 0) is 35.3 Å². The Balaban J connectivity index is 2.08. The molecule has 0 amide bonds. The number of carbonyl (C=O) groups excluding carboxylic acids is 1. The van der Waals surface area contributed by atoms with Gasteiger partial charge in [-0.15, -0.1) is 0 Å². The lowest BCUT2D eigenvalue weighted by atomic mass is 10.0. The zero-order chi connectivity index (χ0) is 13.7. The second-order valence-electron chi connectivity index (χ2n) is 4.73. The Labute approximate surface area is 113 Å². The van der Waals surface area contributed by atoms with Crippen LogP contribution in [0.5, 0.6) is 0 Å². The summed E-state index contributed by atoms with van der Waals surface area (Å²) in [6.45, 7) is 4.32. The summed E-state index contributed by atoms with van der Waals surface area (Å²) in [6.07, 6.45) is 5.01. The van der Waals surface area contributed by atoms with Gasteiger partial charge in [0.05, 0.1) is 0 Å². The van der Waals surface area contributed by atoms with Crippen molar-refractivity contribution < 1.29 is 4.79 Å². The average molecular weight is 251 g/mol. The van der Waals surface area contributed by atoms with E-state index in [9.17, 15) is 4.79 Å². The number of hydrogen-bond acceptors (Lipinski definition) is 2. The van der Waals surface area contributed by atoms with Crippen molar-refractivity contribution in [2.24, 2.45) is 0 Å². The van der Waals surface area contributed by atoms with Crippen LogP contribution < -0.4 is 0 Å². The average Bonchev–Trinajstić information content (AvgIpc) is 2.46. The van der Waals surface area contributed by atoms with Crippen LogP contribution in [0.3, 0.4) is 0 Å². The first kappa shape index (κ1) is 13.2. The maximum atomic E-state index is 11.8. The van der Waals surface area contributed by atoms with Gasteiger partial charge in [-0.2, -0.15) is 0 Å². The molecule has 0 unspecified atom stereocenters. The fraction of sp³-hybridized carbons (Fsp3) is 0.176. The van der Waals surface area contributed by atoms with Crippen LogP contribution in [0.25, 0.3) is 6.08 Å². The number of carbonyl (C=O) groups is 1. The highest BCUT2D eigenvalue weighted by molar-refractivity contribution is 6.05. The summed E-state index contributed by atoms with van der Waals surface area (Å²) in [7, 11) is 0. The first-order valence-electron chi connectivity index (χ1n) is 6.40.